The molecule has 0 saturated carbocycles. The van der Waals surface area contributed by atoms with Crippen molar-refractivity contribution in [1.82, 2.24) is 15.5 Å². The highest BCUT2D eigenvalue weighted by Gasteiger charge is 2.24. The Kier molecular flexibility index (Phi) is 11.6. The lowest BCUT2D eigenvalue weighted by atomic mass is 9.89. The lowest BCUT2D eigenvalue weighted by Crippen LogP contribution is -2.45. The van der Waals surface area contributed by atoms with Crippen molar-refractivity contribution in [3.63, 3.8) is 0 Å². The molecule has 0 amide bonds. The van der Waals surface area contributed by atoms with E-state index < -0.39 is 0 Å². The van der Waals surface area contributed by atoms with Gasteiger partial charge in [0.1, 0.15) is 6.61 Å². The summed E-state index contributed by atoms with van der Waals surface area (Å²) in [5.74, 6) is 2.24. The quantitative estimate of drug-likeness (QED) is 0.398. The second-order valence-electron chi connectivity index (χ2n) is 8.26. The Hall–Kier alpha value is -1.99. The topological polar surface area (TPSA) is 67.4 Å². The molecule has 0 heterocycles. The standard InChI is InChI=1S/C23H42N4O3/c1-9-27(10-2)13-14-30-19-12-11-18(15-20(19)28-7)16-25-22(24-6)26-17-21(29-8)23(3,4)5/h11-12,15,21H,9-10,13-14,16-17H2,1-8H3,(H2,24,25,26). The molecule has 0 radical (unpaired) electrons. The number of likely N-dealkylation sites (N-methyl/N-ethyl adjacent to an activating group) is 1. The summed E-state index contributed by atoms with van der Waals surface area (Å²) in [6, 6.07) is 6.01. The molecule has 1 atom stereocenters. The number of ether oxygens (including phenoxy) is 3. The van der Waals surface area contributed by atoms with E-state index in [4.69, 9.17) is 14.2 Å². The van der Waals surface area contributed by atoms with Gasteiger partial charge in [-0.15, -0.1) is 0 Å². The van der Waals surface area contributed by atoms with Crippen molar-refractivity contribution in [1.29, 1.82) is 0 Å². The van der Waals surface area contributed by atoms with Gasteiger partial charge in [-0.1, -0.05) is 40.7 Å². The van der Waals surface area contributed by atoms with E-state index in [0.717, 1.165) is 42.7 Å². The fourth-order valence-corrected chi connectivity index (χ4v) is 3.10. The summed E-state index contributed by atoms with van der Waals surface area (Å²) in [6.07, 6.45) is 0.0870. The number of guanidine groups is 1. The smallest absolute Gasteiger partial charge is 0.191 e. The largest absolute Gasteiger partial charge is 0.493 e. The van der Waals surface area contributed by atoms with Crippen LogP contribution >= 0.6 is 0 Å². The molecule has 0 aliphatic carbocycles. The maximum Gasteiger partial charge on any atom is 0.191 e. The number of aliphatic imine (C=N–C) groups is 1. The Bertz CT molecular complexity index is 640. The number of nitrogens with one attached hydrogen (secondary N) is 2. The van der Waals surface area contributed by atoms with Crippen LogP contribution in [0.3, 0.4) is 0 Å². The highest BCUT2D eigenvalue weighted by molar-refractivity contribution is 5.79. The van der Waals surface area contributed by atoms with E-state index in [-0.39, 0.29) is 11.5 Å². The van der Waals surface area contributed by atoms with Crippen LogP contribution in [0.1, 0.15) is 40.2 Å². The van der Waals surface area contributed by atoms with Crippen LogP contribution in [-0.2, 0) is 11.3 Å². The van der Waals surface area contributed by atoms with Crippen molar-refractivity contribution in [2.75, 3.05) is 54.1 Å². The van der Waals surface area contributed by atoms with Crippen LogP contribution < -0.4 is 20.1 Å². The zero-order valence-electron chi connectivity index (χ0n) is 20.2. The zero-order valence-corrected chi connectivity index (χ0v) is 20.2. The molecule has 0 aromatic heterocycles. The van der Waals surface area contributed by atoms with E-state index >= 15 is 0 Å². The lowest BCUT2D eigenvalue weighted by molar-refractivity contribution is 0.0205. The Morgan fingerprint density at radius 1 is 1.10 bits per heavy atom. The van der Waals surface area contributed by atoms with Crippen LogP contribution in [0.4, 0.5) is 0 Å². The lowest BCUT2D eigenvalue weighted by Gasteiger charge is -2.30. The highest BCUT2D eigenvalue weighted by Crippen LogP contribution is 2.28. The molecule has 0 saturated heterocycles. The highest BCUT2D eigenvalue weighted by atomic mass is 16.5. The van der Waals surface area contributed by atoms with Gasteiger partial charge < -0.3 is 29.7 Å². The third-order valence-corrected chi connectivity index (χ3v) is 5.18. The van der Waals surface area contributed by atoms with E-state index in [1.54, 1.807) is 21.3 Å². The number of hydrogen-bond donors (Lipinski definition) is 2. The molecular weight excluding hydrogens is 380 g/mol. The first-order chi connectivity index (χ1) is 14.3. The molecule has 1 unspecified atom stereocenters. The second kappa shape index (κ2) is 13.3. The number of nitrogens with zero attached hydrogens (tertiary/aromatic N) is 2. The van der Waals surface area contributed by atoms with Crippen LogP contribution in [0.25, 0.3) is 0 Å². The van der Waals surface area contributed by atoms with Gasteiger partial charge in [0, 0.05) is 33.8 Å². The summed E-state index contributed by atoms with van der Waals surface area (Å²) in [6.45, 7) is 15.7. The van der Waals surface area contributed by atoms with Gasteiger partial charge in [-0.3, -0.25) is 4.99 Å². The molecule has 7 nitrogen and oxygen atoms in total. The number of rotatable bonds is 12. The third kappa shape index (κ3) is 8.79. The van der Waals surface area contributed by atoms with Gasteiger partial charge in [-0.05, 0) is 36.2 Å². The predicted molar refractivity (Wildman–Crippen MR) is 125 cm³/mol. The van der Waals surface area contributed by atoms with Gasteiger partial charge in [0.15, 0.2) is 17.5 Å². The van der Waals surface area contributed by atoms with Crippen LogP contribution in [0.5, 0.6) is 11.5 Å². The average molecular weight is 423 g/mol. The van der Waals surface area contributed by atoms with Crippen molar-refractivity contribution in [2.45, 2.75) is 47.3 Å². The fourth-order valence-electron chi connectivity index (χ4n) is 3.10. The Morgan fingerprint density at radius 2 is 1.80 bits per heavy atom. The number of benzene rings is 1. The number of hydrogen-bond acceptors (Lipinski definition) is 5. The van der Waals surface area contributed by atoms with Crippen LogP contribution in [0.15, 0.2) is 23.2 Å². The molecule has 0 aliphatic rings. The predicted octanol–water partition coefficient (Wildman–Crippen LogP) is 3.14. The normalized spacial score (nSPS) is 13.3. The minimum absolute atomic E-state index is 0.0507. The number of methoxy groups -OCH3 is 2. The van der Waals surface area contributed by atoms with E-state index in [0.29, 0.717) is 19.7 Å². The zero-order chi connectivity index (χ0) is 22.6. The first-order valence-corrected chi connectivity index (χ1v) is 10.8. The van der Waals surface area contributed by atoms with E-state index in [1.807, 2.05) is 18.2 Å². The van der Waals surface area contributed by atoms with E-state index in [1.165, 1.54) is 0 Å². The minimum Gasteiger partial charge on any atom is -0.493 e. The van der Waals surface area contributed by atoms with E-state index in [9.17, 15) is 0 Å². The maximum absolute atomic E-state index is 5.94. The molecule has 7 heteroatoms. The van der Waals surface area contributed by atoms with Crippen LogP contribution in [0.2, 0.25) is 0 Å². The summed E-state index contributed by atoms with van der Waals surface area (Å²) in [4.78, 5) is 6.63. The van der Waals surface area contributed by atoms with Gasteiger partial charge in [0.2, 0.25) is 0 Å². The first-order valence-electron chi connectivity index (χ1n) is 10.8. The fraction of sp³-hybridized carbons (Fsp3) is 0.696. The molecule has 0 aliphatic heterocycles. The van der Waals surface area contributed by atoms with Gasteiger partial charge in [-0.2, -0.15) is 0 Å². The van der Waals surface area contributed by atoms with Crippen molar-refractivity contribution in [2.24, 2.45) is 10.4 Å². The monoisotopic (exact) mass is 422 g/mol. The molecule has 1 rings (SSSR count). The third-order valence-electron chi connectivity index (χ3n) is 5.18. The Balaban J connectivity index is 2.62. The van der Waals surface area contributed by atoms with Gasteiger partial charge >= 0.3 is 0 Å². The molecule has 2 N–H and O–H groups in total. The summed E-state index contributed by atoms with van der Waals surface area (Å²) in [5.41, 5.74) is 1.14. The molecular formula is C23H42N4O3. The summed E-state index contributed by atoms with van der Waals surface area (Å²) >= 11 is 0. The van der Waals surface area contributed by atoms with Gasteiger partial charge in [0.05, 0.1) is 13.2 Å². The van der Waals surface area contributed by atoms with Crippen LogP contribution in [-0.4, -0.2) is 71.0 Å². The second-order valence-corrected chi connectivity index (χ2v) is 8.26. The van der Waals surface area contributed by atoms with Crippen molar-refractivity contribution in [3.05, 3.63) is 23.8 Å². The summed E-state index contributed by atoms with van der Waals surface area (Å²) < 4.78 is 17.1. The molecule has 1 aromatic carbocycles. The molecule has 30 heavy (non-hydrogen) atoms. The Morgan fingerprint density at radius 3 is 2.33 bits per heavy atom. The molecule has 172 valence electrons. The van der Waals surface area contributed by atoms with E-state index in [2.05, 4.69) is 55.1 Å². The maximum atomic E-state index is 5.94. The summed E-state index contributed by atoms with van der Waals surface area (Å²) in [7, 11) is 5.18. The van der Waals surface area contributed by atoms with Crippen LogP contribution in [0, 0.1) is 5.41 Å². The van der Waals surface area contributed by atoms with Gasteiger partial charge in [0.25, 0.3) is 0 Å². The van der Waals surface area contributed by atoms with Crippen molar-refractivity contribution >= 4 is 5.96 Å². The van der Waals surface area contributed by atoms with Crippen molar-refractivity contribution in [3.8, 4) is 11.5 Å². The molecule has 0 fully saturated rings. The van der Waals surface area contributed by atoms with Gasteiger partial charge in [-0.25, -0.2) is 0 Å². The SMILES string of the molecule is CCN(CC)CCOc1ccc(CNC(=NC)NCC(OC)C(C)(C)C)cc1OC. The van der Waals surface area contributed by atoms with Crippen molar-refractivity contribution < 1.29 is 14.2 Å². The molecule has 0 spiro atoms. The molecule has 0 bridgehead atoms. The first kappa shape index (κ1) is 26.0. The molecule has 1 aromatic rings. The summed E-state index contributed by atoms with van der Waals surface area (Å²) in [5, 5.41) is 6.68. The minimum atomic E-state index is 0.0507. The average Bonchev–Trinajstić information content (AvgIpc) is 2.73. The Labute approximate surface area is 183 Å².